The van der Waals surface area contributed by atoms with E-state index >= 15 is 0 Å². The minimum absolute atomic E-state index is 0.173. The van der Waals surface area contributed by atoms with E-state index in [1.165, 1.54) is 21.3 Å². The molecule has 0 bridgehead atoms. The lowest BCUT2D eigenvalue weighted by atomic mass is 10.1. The molecule has 0 atom stereocenters. The summed E-state index contributed by atoms with van der Waals surface area (Å²) in [5.41, 5.74) is 1.63. The van der Waals surface area contributed by atoms with E-state index in [-0.39, 0.29) is 24.8 Å². The summed E-state index contributed by atoms with van der Waals surface area (Å²) in [6.07, 6.45) is 1.58. The molecule has 0 fully saturated rings. The Bertz CT molecular complexity index is 1410. The second kappa shape index (κ2) is 8.97. The Hall–Kier alpha value is -4.07. The van der Waals surface area contributed by atoms with Crippen LogP contribution in [0.2, 0.25) is 0 Å². The van der Waals surface area contributed by atoms with E-state index in [4.69, 9.17) is 0 Å². The van der Waals surface area contributed by atoms with Crippen molar-refractivity contribution in [2.45, 2.75) is 26.6 Å². The lowest BCUT2D eigenvalue weighted by Crippen LogP contribution is -2.41. The van der Waals surface area contributed by atoms with Gasteiger partial charge in [0.2, 0.25) is 0 Å². The maximum absolute atomic E-state index is 13.3. The maximum atomic E-state index is 13.3. The Labute approximate surface area is 182 Å². The van der Waals surface area contributed by atoms with Gasteiger partial charge in [0, 0.05) is 24.8 Å². The van der Waals surface area contributed by atoms with Crippen LogP contribution in [0.5, 0.6) is 0 Å². The summed E-state index contributed by atoms with van der Waals surface area (Å²) in [6, 6.07) is 16.3. The monoisotopic (exact) mass is 432 g/mol. The molecule has 7 nitrogen and oxygen atoms in total. The summed E-state index contributed by atoms with van der Waals surface area (Å²) >= 11 is 0. The first-order chi connectivity index (χ1) is 15.5. The molecule has 2 heterocycles. The molecule has 0 aliphatic carbocycles. The fourth-order valence-electron chi connectivity index (χ4n) is 3.57. The Morgan fingerprint density at radius 3 is 2.44 bits per heavy atom. The van der Waals surface area contributed by atoms with Gasteiger partial charge in [-0.1, -0.05) is 24.3 Å². The van der Waals surface area contributed by atoms with Gasteiger partial charge in [0.1, 0.15) is 5.82 Å². The number of rotatable bonds is 6. The number of pyridine rings is 1. The van der Waals surface area contributed by atoms with Gasteiger partial charge in [0.25, 0.3) is 5.91 Å². The summed E-state index contributed by atoms with van der Waals surface area (Å²) in [4.78, 5) is 41.9. The van der Waals surface area contributed by atoms with Crippen LogP contribution >= 0.6 is 0 Å². The number of nitrogens with one attached hydrogen (secondary N) is 1. The highest BCUT2D eigenvalue weighted by molar-refractivity contribution is 5.94. The fraction of sp³-hybridized carbons (Fsp3) is 0.167. The Kier molecular flexibility index (Phi) is 5.93. The minimum atomic E-state index is -0.621. The number of aromatic nitrogens is 3. The number of nitrogens with zero attached hydrogens (tertiary/aromatic N) is 3. The van der Waals surface area contributed by atoms with Gasteiger partial charge in [0.15, 0.2) is 5.65 Å². The number of carbonyl (C=O) groups is 1. The number of halogens is 1. The SMILES string of the molecule is CCn1c(=O)c(=O)n(Cc2ccc(C(=O)NCc3cccc(F)c3)cc2)c2cccnc21. The predicted molar refractivity (Wildman–Crippen MR) is 119 cm³/mol. The number of hydrogen-bond acceptors (Lipinski definition) is 4. The molecule has 0 aliphatic heterocycles. The lowest BCUT2D eigenvalue weighted by molar-refractivity contribution is 0.0951. The van der Waals surface area contributed by atoms with E-state index in [1.807, 2.05) is 0 Å². The highest BCUT2D eigenvalue weighted by atomic mass is 19.1. The Morgan fingerprint density at radius 2 is 1.72 bits per heavy atom. The van der Waals surface area contributed by atoms with E-state index in [9.17, 15) is 18.8 Å². The van der Waals surface area contributed by atoms with Crippen LogP contribution in [0.15, 0.2) is 76.4 Å². The molecule has 32 heavy (non-hydrogen) atoms. The molecule has 2 aromatic heterocycles. The van der Waals surface area contributed by atoms with E-state index in [1.54, 1.807) is 61.7 Å². The van der Waals surface area contributed by atoms with E-state index < -0.39 is 11.1 Å². The number of amides is 1. The van der Waals surface area contributed by atoms with Gasteiger partial charge in [0.05, 0.1) is 12.1 Å². The summed E-state index contributed by atoms with van der Waals surface area (Å²) in [5, 5.41) is 2.75. The van der Waals surface area contributed by atoms with Crippen LogP contribution in [0.4, 0.5) is 4.39 Å². The molecular weight excluding hydrogens is 411 g/mol. The average Bonchev–Trinajstić information content (AvgIpc) is 2.81. The number of aryl methyl sites for hydroxylation is 1. The van der Waals surface area contributed by atoms with Crippen molar-refractivity contribution in [1.82, 2.24) is 19.4 Å². The molecule has 4 rings (SSSR count). The van der Waals surface area contributed by atoms with Crippen molar-refractivity contribution < 1.29 is 9.18 Å². The molecule has 0 aliphatic rings. The second-order valence-electron chi connectivity index (χ2n) is 7.30. The maximum Gasteiger partial charge on any atom is 0.318 e. The van der Waals surface area contributed by atoms with Crippen molar-refractivity contribution in [3.63, 3.8) is 0 Å². The van der Waals surface area contributed by atoms with Gasteiger partial charge < -0.3 is 5.32 Å². The minimum Gasteiger partial charge on any atom is -0.348 e. The fourth-order valence-corrected chi connectivity index (χ4v) is 3.57. The third-order valence-corrected chi connectivity index (χ3v) is 5.20. The van der Waals surface area contributed by atoms with Crippen molar-refractivity contribution in [1.29, 1.82) is 0 Å². The van der Waals surface area contributed by atoms with E-state index in [0.29, 0.717) is 28.8 Å². The summed E-state index contributed by atoms with van der Waals surface area (Å²) in [5.74, 6) is -0.649. The summed E-state index contributed by atoms with van der Waals surface area (Å²) in [7, 11) is 0. The molecule has 0 saturated heterocycles. The zero-order chi connectivity index (χ0) is 22.7. The smallest absolute Gasteiger partial charge is 0.318 e. The van der Waals surface area contributed by atoms with Gasteiger partial charge in [-0.2, -0.15) is 0 Å². The number of benzene rings is 2. The first kappa shape index (κ1) is 21.2. The molecule has 1 N–H and O–H groups in total. The zero-order valence-electron chi connectivity index (χ0n) is 17.4. The van der Waals surface area contributed by atoms with Crippen LogP contribution in [0, 0.1) is 5.82 Å². The zero-order valence-corrected chi connectivity index (χ0v) is 17.4. The van der Waals surface area contributed by atoms with Gasteiger partial charge in [-0.05, 0) is 54.4 Å². The Morgan fingerprint density at radius 1 is 0.969 bits per heavy atom. The van der Waals surface area contributed by atoms with Crippen molar-refractivity contribution in [2.75, 3.05) is 0 Å². The van der Waals surface area contributed by atoms with Crippen LogP contribution in [-0.4, -0.2) is 20.0 Å². The second-order valence-corrected chi connectivity index (χ2v) is 7.30. The molecule has 0 spiro atoms. The molecular formula is C24H21FN4O3. The van der Waals surface area contributed by atoms with Gasteiger partial charge >= 0.3 is 11.1 Å². The van der Waals surface area contributed by atoms with Crippen molar-refractivity contribution >= 4 is 17.1 Å². The quantitative estimate of drug-likeness (QED) is 0.475. The summed E-state index contributed by atoms with van der Waals surface area (Å²) in [6.45, 7) is 2.52. The molecule has 1 amide bonds. The van der Waals surface area contributed by atoms with Crippen LogP contribution in [-0.2, 0) is 19.6 Å². The number of carbonyl (C=O) groups excluding carboxylic acids is 1. The molecule has 0 saturated carbocycles. The highest BCUT2D eigenvalue weighted by Gasteiger charge is 2.13. The third kappa shape index (κ3) is 4.20. The van der Waals surface area contributed by atoms with Crippen LogP contribution in [0.25, 0.3) is 11.2 Å². The standard InChI is InChI=1S/C24H21FN4O3/c1-2-28-21-20(7-4-12-26-21)29(24(32)23(28)31)15-16-8-10-18(11-9-16)22(30)27-14-17-5-3-6-19(25)13-17/h3-13H,2,14-15H2,1H3,(H,27,30). The molecule has 8 heteroatoms. The molecule has 0 radical (unpaired) electrons. The highest BCUT2D eigenvalue weighted by Crippen LogP contribution is 2.12. The number of fused-ring (bicyclic) bond motifs is 1. The number of hydrogen-bond donors (Lipinski definition) is 1. The lowest BCUT2D eigenvalue weighted by Gasteiger charge is -2.13. The average molecular weight is 432 g/mol. The van der Waals surface area contributed by atoms with Crippen LogP contribution in [0.1, 0.15) is 28.4 Å². The first-order valence-corrected chi connectivity index (χ1v) is 10.2. The molecule has 2 aromatic carbocycles. The van der Waals surface area contributed by atoms with Gasteiger partial charge in [-0.3, -0.25) is 23.5 Å². The first-order valence-electron chi connectivity index (χ1n) is 10.2. The van der Waals surface area contributed by atoms with Gasteiger partial charge in [-0.15, -0.1) is 0 Å². The van der Waals surface area contributed by atoms with Crippen molar-refractivity contribution in [3.8, 4) is 0 Å². The van der Waals surface area contributed by atoms with Crippen LogP contribution < -0.4 is 16.4 Å². The third-order valence-electron chi connectivity index (χ3n) is 5.20. The predicted octanol–water partition coefficient (Wildman–Crippen LogP) is 2.70. The van der Waals surface area contributed by atoms with Crippen LogP contribution in [0.3, 0.4) is 0 Å². The largest absolute Gasteiger partial charge is 0.348 e. The van der Waals surface area contributed by atoms with E-state index in [0.717, 1.165) is 5.56 Å². The Balaban J connectivity index is 1.55. The normalized spacial score (nSPS) is 10.9. The van der Waals surface area contributed by atoms with Crippen molar-refractivity contribution in [3.05, 3.63) is 110 Å². The van der Waals surface area contributed by atoms with Crippen molar-refractivity contribution in [2.24, 2.45) is 0 Å². The summed E-state index contributed by atoms with van der Waals surface area (Å²) < 4.78 is 16.0. The molecule has 162 valence electrons. The van der Waals surface area contributed by atoms with E-state index in [2.05, 4.69) is 10.3 Å². The topological polar surface area (TPSA) is 86.0 Å². The molecule has 0 unspecified atom stereocenters. The molecule has 4 aromatic rings. The van der Waals surface area contributed by atoms with Gasteiger partial charge in [-0.25, -0.2) is 9.37 Å².